The molecule has 0 atom stereocenters. The molecule has 0 aromatic heterocycles. The highest BCUT2D eigenvalue weighted by Gasteiger charge is 2.10. The van der Waals surface area contributed by atoms with Gasteiger partial charge in [0, 0.05) is 6.08 Å². The zero-order chi connectivity index (χ0) is 9.68. The van der Waals surface area contributed by atoms with Crippen LogP contribution >= 0.6 is 12.2 Å². The maximum absolute atomic E-state index is 10.2. The molecule has 0 aromatic carbocycles. The van der Waals surface area contributed by atoms with Gasteiger partial charge >= 0.3 is 0 Å². The van der Waals surface area contributed by atoms with Gasteiger partial charge in [0.05, 0.1) is 12.7 Å². The standard InChI is InChI=1S/C3H4N2OS.C3H2N2O/c6-2-1-4-3(7)5-2;6-3-1-2-4-5-3/h1H2,(H2,4,5,6,7);1-2H. The van der Waals surface area contributed by atoms with Crippen LogP contribution in [-0.4, -0.2) is 23.5 Å². The first kappa shape index (κ1) is 9.46. The lowest BCUT2D eigenvalue weighted by molar-refractivity contribution is -0.117. The van der Waals surface area contributed by atoms with E-state index >= 15 is 0 Å². The lowest BCUT2D eigenvalue weighted by Gasteiger charge is -1.83. The summed E-state index contributed by atoms with van der Waals surface area (Å²) in [4.78, 5) is 20.1. The van der Waals surface area contributed by atoms with Gasteiger partial charge in [0.1, 0.15) is 0 Å². The molecule has 1 fully saturated rings. The Balaban J connectivity index is 0.000000132. The first-order chi connectivity index (χ1) is 6.18. The molecule has 0 aromatic rings. The summed E-state index contributed by atoms with van der Waals surface area (Å²) in [6.45, 7) is 0.332. The zero-order valence-electron chi connectivity index (χ0n) is 6.48. The van der Waals surface area contributed by atoms with Gasteiger partial charge in [0.25, 0.3) is 5.91 Å². The largest absolute Gasteiger partial charge is 0.353 e. The molecule has 2 aliphatic rings. The fourth-order valence-electron chi connectivity index (χ4n) is 0.596. The maximum Gasteiger partial charge on any atom is 0.289 e. The normalized spacial score (nSPS) is 18.0. The molecule has 2 amide bonds. The Bertz CT molecular complexity index is 282. The van der Waals surface area contributed by atoms with Gasteiger partial charge in [-0.15, -0.1) is 5.11 Å². The lowest BCUT2D eigenvalue weighted by Crippen LogP contribution is -2.21. The number of nitrogens with one attached hydrogen (secondary N) is 2. The van der Waals surface area contributed by atoms with Crippen LogP contribution in [0, 0.1) is 0 Å². The van der Waals surface area contributed by atoms with E-state index in [0.717, 1.165) is 0 Å². The molecule has 0 unspecified atom stereocenters. The molecule has 2 heterocycles. The second kappa shape index (κ2) is 4.41. The molecule has 0 aliphatic carbocycles. The third-order valence-corrected chi connectivity index (χ3v) is 1.35. The highest BCUT2D eigenvalue weighted by molar-refractivity contribution is 7.80. The number of nitrogens with zero attached hydrogens (tertiary/aromatic N) is 2. The number of carbonyl (C=O) groups excluding carboxylic acids is 2. The van der Waals surface area contributed by atoms with Crippen molar-refractivity contribution in [3.63, 3.8) is 0 Å². The highest BCUT2D eigenvalue weighted by Crippen LogP contribution is 1.90. The number of azo groups is 1. The minimum absolute atomic E-state index is 0.0509. The Morgan fingerprint density at radius 3 is 2.38 bits per heavy atom. The van der Waals surface area contributed by atoms with E-state index in [1.165, 1.54) is 12.3 Å². The van der Waals surface area contributed by atoms with Crippen molar-refractivity contribution in [2.24, 2.45) is 10.2 Å². The third-order valence-electron chi connectivity index (χ3n) is 1.10. The molecule has 6 nitrogen and oxygen atoms in total. The molecule has 68 valence electrons. The summed E-state index contributed by atoms with van der Waals surface area (Å²) in [6, 6.07) is 0. The number of hydrogen-bond acceptors (Lipinski definition) is 4. The molecule has 2 N–H and O–H groups in total. The van der Waals surface area contributed by atoms with Crippen LogP contribution in [0.2, 0.25) is 0 Å². The fraction of sp³-hybridized carbons (Fsp3) is 0.167. The van der Waals surface area contributed by atoms with E-state index < -0.39 is 0 Å². The van der Waals surface area contributed by atoms with Crippen LogP contribution in [0.4, 0.5) is 0 Å². The third kappa shape index (κ3) is 3.52. The van der Waals surface area contributed by atoms with Crippen molar-refractivity contribution >= 4 is 29.1 Å². The number of hydrogen-bond donors (Lipinski definition) is 2. The number of thiocarbonyl (C=S) groups is 1. The van der Waals surface area contributed by atoms with Crippen LogP contribution in [0.25, 0.3) is 0 Å². The zero-order valence-corrected chi connectivity index (χ0v) is 7.30. The Labute approximate surface area is 79.1 Å². The van der Waals surface area contributed by atoms with Crippen molar-refractivity contribution in [3.8, 4) is 0 Å². The maximum atomic E-state index is 10.2. The summed E-state index contributed by atoms with van der Waals surface area (Å²) in [5, 5.41) is 11.8. The first-order valence-electron chi connectivity index (χ1n) is 3.37. The second-order valence-electron chi connectivity index (χ2n) is 2.10. The van der Waals surface area contributed by atoms with E-state index in [1.807, 2.05) is 0 Å². The van der Waals surface area contributed by atoms with E-state index in [2.05, 4.69) is 33.1 Å². The number of rotatable bonds is 0. The molecular weight excluding hydrogens is 192 g/mol. The smallest absolute Gasteiger partial charge is 0.289 e. The summed E-state index contributed by atoms with van der Waals surface area (Å²) in [5.74, 6) is -0.319. The van der Waals surface area contributed by atoms with Crippen LogP contribution in [-0.2, 0) is 9.59 Å². The predicted molar refractivity (Wildman–Crippen MR) is 47.7 cm³/mol. The summed E-state index contributed by atoms with van der Waals surface area (Å²) in [6.07, 6.45) is 2.67. The molecule has 2 aliphatic heterocycles. The first-order valence-corrected chi connectivity index (χ1v) is 3.78. The van der Waals surface area contributed by atoms with Gasteiger partial charge in [-0.2, -0.15) is 5.11 Å². The van der Waals surface area contributed by atoms with E-state index in [4.69, 9.17) is 0 Å². The Morgan fingerprint density at radius 1 is 1.46 bits per heavy atom. The lowest BCUT2D eigenvalue weighted by atomic mass is 10.6. The van der Waals surface area contributed by atoms with E-state index in [1.54, 1.807) is 0 Å². The van der Waals surface area contributed by atoms with Crippen molar-refractivity contribution < 1.29 is 9.59 Å². The van der Waals surface area contributed by atoms with Gasteiger partial charge in [-0.25, -0.2) is 0 Å². The predicted octanol–water partition coefficient (Wildman–Crippen LogP) is -0.517. The van der Waals surface area contributed by atoms with Gasteiger partial charge in [-0.1, -0.05) is 0 Å². The molecule has 7 heteroatoms. The molecule has 13 heavy (non-hydrogen) atoms. The Kier molecular flexibility index (Phi) is 3.21. The van der Waals surface area contributed by atoms with E-state index in [-0.39, 0.29) is 11.8 Å². The van der Waals surface area contributed by atoms with Crippen LogP contribution in [0.5, 0.6) is 0 Å². The summed E-state index contributed by atoms with van der Waals surface area (Å²) in [5.41, 5.74) is 0. The topological polar surface area (TPSA) is 82.9 Å². The van der Waals surface area contributed by atoms with Gasteiger partial charge in [0.2, 0.25) is 5.91 Å². The van der Waals surface area contributed by atoms with Crippen LogP contribution in [0.15, 0.2) is 22.5 Å². The van der Waals surface area contributed by atoms with Crippen molar-refractivity contribution in [1.82, 2.24) is 10.6 Å². The average Bonchev–Trinajstić information content (AvgIpc) is 2.64. The summed E-state index contributed by atoms with van der Waals surface area (Å²) in [7, 11) is 0. The second-order valence-corrected chi connectivity index (χ2v) is 2.51. The molecule has 0 bridgehead atoms. The monoisotopic (exact) mass is 198 g/mol. The number of carbonyl (C=O) groups is 2. The van der Waals surface area contributed by atoms with Gasteiger partial charge < -0.3 is 10.6 Å². The van der Waals surface area contributed by atoms with Gasteiger partial charge in [0.15, 0.2) is 5.11 Å². The van der Waals surface area contributed by atoms with Gasteiger partial charge in [-0.05, 0) is 12.2 Å². The van der Waals surface area contributed by atoms with Crippen molar-refractivity contribution in [2.75, 3.05) is 6.54 Å². The molecule has 1 saturated heterocycles. The molecule has 0 saturated carbocycles. The quantitative estimate of drug-likeness (QED) is 0.513. The average molecular weight is 198 g/mol. The fourth-order valence-corrected chi connectivity index (χ4v) is 0.782. The Morgan fingerprint density at radius 2 is 2.23 bits per heavy atom. The van der Waals surface area contributed by atoms with Crippen molar-refractivity contribution in [2.45, 2.75) is 0 Å². The van der Waals surface area contributed by atoms with Crippen LogP contribution in [0.1, 0.15) is 0 Å². The van der Waals surface area contributed by atoms with Gasteiger partial charge in [-0.3, -0.25) is 9.59 Å². The minimum atomic E-state index is -0.269. The summed E-state index contributed by atoms with van der Waals surface area (Å²) < 4.78 is 0. The van der Waals surface area contributed by atoms with Crippen molar-refractivity contribution in [3.05, 3.63) is 12.3 Å². The Hall–Kier alpha value is -1.63. The number of amides is 2. The van der Waals surface area contributed by atoms with Crippen molar-refractivity contribution in [1.29, 1.82) is 0 Å². The molecule has 2 rings (SSSR count). The molecule has 0 spiro atoms. The van der Waals surface area contributed by atoms with E-state index in [9.17, 15) is 9.59 Å². The summed E-state index contributed by atoms with van der Waals surface area (Å²) >= 11 is 4.55. The van der Waals surface area contributed by atoms with Crippen LogP contribution in [0.3, 0.4) is 0 Å². The minimum Gasteiger partial charge on any atom is -0.353 e. The highest BCUT2D eigenvalue weighted by atomic mass is 32.1. The molecule has 0 radical (unpaired) electrons. The SMILES string of the molecule is O=C1C=CN=N1.O=C1CNC(=S)N1. The van der Waals surface area contributed by atoms with Crippen LogP contribution < -0.4 is 10.6 Å². The molecular formula is C6H6N4O2S. The van der Waals surface area contributed by atoms with E-state index in [0.29, 0.717) is 11.7 Å².